The van der Waals surface area contributed by atoms with Gasteiger partial charge in [0.25, 0.3) is 0 Å². The zero-order valence-electron chi connectivity index (χ0n) is 30.5. The van der Waals surface area contributed by atoms with Gasteiger partial charge in [-0.2, -0.15) is 0 Å². The standard InChI is InChI=1S/C42H62O5Si/c1-7-8-9-10-11-12-13-14-24-31-38(47-48(5,6)41(2,3)4)32-37(43)33-39(44)46-40(34-25-18-15-19-26-34)42(45,35-27-20-16-21-28-35)36-29-22-17-23-30-36/h15-23,25-30,37-38,40,43,45H,7-14,24,31-33H2,1-6H3/t37-,38-,40+/m0/s1. The Morgan fingerprint density at radius 2 is 1.19 bits per heavy atom. The van der Waals surface area contributed by atoms with Gasteiger partial charge < -0.3 is 19.4 Å². The average Bonchev–Trinajstić information content (AvgIpc) is 3.06. The molecular formula is C42H62O5Si. The SMILES string of the molecule is CCCCCCCCCCC[C@@H](C[C@H](O)CC(=O)O[C@H](c1ccccc1)C(O)(c1ccccc1)c1ccccc1)O[Si](C)(C)C(C)(C)C. The van der Waals surface area contributed by atoms with Crippen LogP contribution in [0.1, 0.15) is 128 Å². The minimum Gasteiger partial charge on any atom is -0.454 e. The number of benzene rings is 3. The van der Waals surface area contributed by atoms with Crippen molar-refractivity contribution < 1.29 is 24.2 Å². The van der Waals surface area contributed by atoms with Gasteiger partial charge in [0.2, 0.25) is 0 Å². The van der Waals surface area contributed by atoms with Crippen LogP contribution in [0.4, 0.5) is 0 Å². The lowest BCUT2D eigenvalue weighted by molar-refractivity contribution is -0.165. The molecule has 48 heavy (non-hydrogen) atoms. The first-order valence-electron chi connectivity index (χ1n) is 18.3. The number of hydrogen-bond donors (Lipinski definition) is 2. The van der Waals surface area contributed by atoms with Crippen molar-refractivity contribution in [1.29, 1.82) is 0 Å². The van der Waals surface area contributed by atoms with E-state index < -0.39 is 32.1 Å². The lowest BCUT2D eigenvalue weighted by Crippen LogP contribution is -2.44. The quantitative estimate of drug-likeness (QED) is 0.0668. The molecule has 3 rings (SSSR count). The van der Waals surface area contributed by atoms with Gasteiger partial charge in [-0.1, -0.05) is 176 Å². The number of ether oxygens (including phenoxy) is 1. The fraction of sp³-hybridized carbons (Fsp3) is 0.548. The normalized spacial score (nSPS) is 14.3. The number of unbranched alkanes of at least 4 members (excludes halogenated alkanes) is 8. The Hall–Kier alpha value is -2.77. The first kappa shape index (κ1) is 39.7. The van der Waals surface area contributed by atoms with Gasteiger partial charge in [0.05, 0.1) is 12.5 Å². The second kappa shape index (κ2) is 19.4. The number of carbonyl (C=O) groups is 1. The van der Waals surface area contributed by atoms with Gasteiger partial charge in [-0.15, -0.1) is 0 Å². The summed E-state index contributed by atoms with van der Waals surface area (Å²) in [5.74, 6) is -0.559. The fourth-order valence-electron chi connectivity index (χ4n) is 6.14. The van der Waals surface area contributed by atoms with Gasteiger partial charge in [-0.05, 0) is 47.7 Å². The van der Waals surface area contributed by atoms with E-state index in [1.165, 1.54) is 44.9 Å². The molecule has 0 spiro atoms. The zero-order chi connectivity index (χ0) is 35.0. The van der Waals surface area contributed by atoms with Crippen LogP contribution in [0.3, 0.4) is 0 Å². The molecule has 0 aliphatic carbocycles. The van der Waals surface area contributed by atoms with Crippen LogP contribution in [-0.4, -0.2) is 36.7 Å². The topological polar surface area (TPSA) is 76.0 Å². The molecule has 5 nitrogen and oxygen atoms in total. The van der Waals surface area contributed by atoms with E-state index in [4.69, 9.17) is 9.16 Å². The van der Waals surface area contributed by atoms with Crippen molar-refractivity contribution in [2.45, 2.75) is 147 Å². The summed E-state index contributed by atoms with van der Waals surface area (Å²) in [6.07, 6.45) is 10.2. The Bertz CT molecular complexity index is 1270. The van der Waals surface area contributed by atoms with Crippen molar-refractivity contribution in [1.82, 2.24) is 0 Å². The summed E-state index contributed by atoms with van der Waals surface area (Å²) in [6.45, 7) is 13.4. The number of aliphatic hydroxyl groups excluding tert-OH is 1. The second-order valence-corrected chi connectivity index (χ2v) is 19.7. The van der Waals surface area contributed by atoms with E-state index in [2.05, 4.69) is 40.8 Å². The predicted octanol–water partition coefficient (Wildman–Crippen LogP) is 10.7. The molecule has 0 aromatic heterocycles. The van der Waals surface area contributed by atoms with Crippen LogP contribution >= 0.6 is 0 Å². The van der Waals surface area contributed by atoms with Crippen LogP contribution in [0, 0.1) is 0 Å². The summed E-state index contributed by atoms with van der Waals surface area (Å²) >= 11 is 0. The fourth-order valence-corrected chi connectivity index (χ4v) is 7.54. The van der Waals surface area contributed by atoms with Crippen molar-refractivity contribution >= 4 is 14.3 Å². The molecule has 2 N–H and O–H groups in total. The molecule has 6 heteroatoms. The summed E-state index contributed by atoms with van der Waals surface area (Å²) < 4.78 is 13.0. The van der Waals surface area contributed by atoms with E-state index in [1.54, 1.807) is 0 Å². The smallest absolute Gasteiger partial charge is 0.309 e. The highest BCUT2D eigenvalue weighted by atomic mass is 28.4. The Morgan fingerprint density at radius 1 is 0.729 bits per heavy atom. The molecule has 0 fully saturated rings. The number of carbonyl (C=O) groups excluding carboxylic acids is 1. The molecule has 264 valence electrons. The molecule has 0 amide bonds. The van der Waals surface area contributed by atoms with Gasteiger partial charge >= 0.3 is 5.97 Å². The molecule has 3 aromatic carbocycles. The molecule has 3 atom stereocenters. The third-order valence-electron chi connectivity index (χ3n) is 9.99. The summed E-state index contributed by atoms with van der Waals surface area (Å²) in [5, 5.41) is 23.9. The number of aliphatic hydroxyl groups is 2. The van der Waals surface area contributed by atoms with Crippen LogP contribution < -0.4 is 0 Å². The lowest BCUT2D eigenvalue weighted by Gasteiger charge is -2.40. The molecule has 0 bridgehead atoms. The maximum absolute atomic E-state index is 13.7. The van der Waals surface area contributed by atoms with Gasteiger partial charge in [0, 0.05) is 6.10 Å². The van der Waals surface area contributed by atoms with Gasteiger partial charge in [-0.3, -0.25) is 4.79 Å². The largest absolute Gasteiger partial charge is 0.454 e. The Kier molecular flexibility index (Phi) is 16.1. The molecular weight excluding hydrogens is 613 g/mol. The van der Waals surface area contributed by atoms with Crippen LogP contribution in [0.15, 0.2) is 91.0 Å². The summed E-state index contributed by atoms with van der Waals surface area (Å²) in [5.41, 5.74) is 0.235. The van der Waals surface area contributed by atoms with Crippen molar-refractivity contribution in [2.75, 3.05) is 0 Å². The Labute approximate surface area is 292 Å². The van der Waals surface area contributed by atoms with Crippen LogP contribution in [0.25, 0.3) is 0 Å². The third kappa shape index (κ3) is 12.0. The molecule has 0 radical (unpaired) electrons. The molecule has 0 aliphatic heterocycles. The van der Waals surface area contributed by atoms with Gasteiger partial charge in [0.15, 0.2) is 20.0 Å². The predicted molar refractivity (Wildman–Crippen MR) is 200 cm³/mol. The highest BCUT2D eigenvalue weighted by molar-refractivity contribution is 6.74. The van der Waals surface area contributed by atoms with Gasteiger partial charge in [-0.25, -0.2) is 0 Å². The highest BCUT2D eigenvalue weighted by Crippen LogP contribution is 2.44. The first-order chi connectivity index (χ1) is 22.9. The molecule has 0 aliphatic rings. The molecule has 0 saturated carbocycles. The van der Waals surface area contributed by atoms with E-state index in [-0.39, 0.29) is 17.6 Å². The van der Waals surface area contributed by atoms with Crippen LogP contribution in [0.5, 0.6) is 0 Å². The van der Waals surface area contributed by atoms with Crippen molar-refractivity contribution in [3.63, 3.8) is 0 Å². The summed E-state index contributed by atoms with van der Waals surface area (Å²) in [4.78, 5) is 13.7. The van der Waals surface area contributed by atoms with E-state index in [0.717, 1.165) is 19.3 Å². The van der Waals surface area contributed by atoms with Crippen molar-refractivity contribution in [3.8, 4) is 0 Å². The van der Waals surface area contributed by atoms with E-state index in [1.807, 2.05) is 91.0 Å². The van der Waals surface area contributed by atoms with Crippen molar-refractivity contribution in [2.24, 2.45) is 0 Å². The number of rotatable bonds is 21. The van der Waals surface area contributed by atoms with Crippen molar-refractivity contribution in [3.05, 3.63) is 108 Å². The lowest BCUT2D eigenvalue weighted by atomic mass is 9.79. The van der Waals surface area contributed by atoms with E-state index in [0.29, 0.717) is 23.1 Å². The summed E-state index contributed by atoms with van der Waals surface area (Å²) in [6, 6.07) is 28.0. The molecule has 0 heterocycles. The Morgan fingerprint density at radius 3 is 1.67 bits per heavy atom. The zero-order valence-corrected chi connectivity index (χ0v) is 31.5. The Balaban J connectivity index is 1.74. The van der Waals surface area contributed by atoms with E-state index in [9.17, 15) is 15.0 Å². The monoisotopic (exact) mass is 674 g/mol. The summed E-state index contributed by atoms with van der Waals surface area (Å²) in [7, 11) is -2.10. The average molecular weight is 675 g/mol. The maximum Gasteiger partial charge on any atom is 0.309 e. The second-order valence-electron chi connectivity index (χ2n) is 15.0. The minimum atomic E-state index is -2.10. The number of hydrogen-bond acceptors (Lipinski definition) is 5. The number of esters is 1. The van der Waals surface area contributed by atoms with Gasteiger partial charge in [0.1, 0.15) is 0 Å². The molecule has 0 saturated heterocycles. The molecule has 3 aromatic rings. The van der Waals surface area contributed by atoms with E-state index >= 15 is 0 Å². The minimum absolute atomic E-state index is 0.0376. The van der Waals surface area contributed by atoms with Crippen LogP contribution in [-0.2, 0) is 19.6 Å². The first-order valence-corrected chi connectivity index (χ1v) is 21.2. The molecule has 0 unspecified atom stereocenters. The highest BCUT2D eigenvalue weighted by Gasteiger charge is 2.44. The van der Waals surface area contributed by atoms with Crippen LogP contribution in [0.2, 0.25) is 18.1 Å². The third-order valence-corrected chi connectivity index (χ3v) is 14.5. The maximum atomic E-state index is 13.7.